The Morgan fingerprint density at radius 2 is 1.84 bits per heavy atom. The Balaban J connectivity index is 2.38. The summed E-state index contributed by atoms with van der Waals surface area (Å²) in [6.07, 6.45) is 0. The highest BCUT2D eigenvalue weighted by Gasteiger charge is 2.13. The minimum atomic E-state index is -0.216. The first kappa shape index (κ1) is 14.5. The smallest absolute Gasteiger partial charge is 0.133 e. The van der Waals surface area contributed by atoms with Gasteiger partial charge in [-0.1, -0.05) is 28.1 Å². The Morgan fingerprint density at radius 3 is 2.42 bits per heavy atom. The van der Waals surface area contributed by atoms with Crippen LogP contribution in [0.1, 0.15) is 21.5 Å². The molecule has 0 radical (unpaired) electrons. The molecule has 2 aromatic rings. The Bertz CT molecular complexity index is 578. The molecule has 0 aliphatic carbocycles. The van der Waals surface area contributed by atoms with Crippen LogP contribution in [0, 0.1) is 12.7 Å². The molecule has 0 aliphatic heterocycles. The van der Waals surface area contributed by atoms with Gasteiger partial charge in [-0.2, -0.15) is 0 Å². The van der Waals surface area contributed by atoms with Gasteiger partial charge in [0.25, 0.3) is 0 Å². The van der Waals surface area contributed by atoms with Gasteiger partial charge in [0.2, 0.25) is 0 Å². The van der Waals surface area contributed by atoms with Crippen LogP contribution < -0.4 is 4.74 Å². The maximum absolute atomic E-state index is 13.5. The Hall–Kier alpha value is -0.870. The van der Waals surface area contributed by atoms with Crippen molar-refractivity contribution < 1.29 is 9.13 Å². The molecule has 0 saturated heterocycles. The maximum atomic E-state index is 13.5. The van der Waals surface area contributed by atoms with Gasteiger partial charge in [-0.05, 0) is 63.8 Å². The lowest BCUT2D eigenvalue weighted by molar-refractivity contribution is 0.412. The Kier molecular flexibility index (Phi) is 4.63. The molecular formula is C15H13Br2FO. The molecule has 0 saturated carbocycles. The topological polar surface area (TPSA) is 9.23 Å². The molecule has 1 nitrogen and oxygen atoms in total. The summed E-state index contributed by atoms with van der Waals surface area (Å²) < 4.78 is 19.5. The van der Waals surface area contributed by atoms with Crippen LogP contribution in [0.15, 0.2) is 40.9 Å². The molecule has 0 fully saturated rings. The molecular weight excluding hydrogens is 375 g/mol. The summed E-state index contributed by atoms with van der Waals surface area (Å²) in [6, 6.07) is 10.9. The lowest BCUT2D eigenvalue weighted by Crippen LogP contribution is -1.96. The molecule has 19 heavy (non-hydrogen) atoms. The lowest BCUT2D eigenvalue weighted by atomic mass is 10.0. The number of ether oxygens (including phenoxy) is 1. The van der Waals surface area contributed by atoms with Gasteiger partial charge in [0.1, 0.15) is 11.6 Å². The molecule has 0 aromatic heterocycles. The van der Waals surface area contributed by atoms with E-state index in [9.17, 15) is 4.39 Å². The molecule has 0 bridgehead atoms. The predicted octanol–water partition coefficient (Wildman–Crippen LogP) is 5.39. The average Bonchev–Trinajstić information content (AvgIpc) is 2.36. The van der Waals surface area contributed by atoms with E-state index in [1.54, 1.807) is 13.2 Å². The fourth-order valence-electron chi connectivity index (χ4n) is 1.94. The molecule has 0 amide bonds. The minimum absolute atomic E-state index is 0.0518. The largest absolute Gasteiger partial charge is 0.496 e. The van der Waals surface area contributed by atoms with Gasteiger partial charge in [0.15, 0.2) is 0 Å². The normalized spacial score (nSPS) is 12.3. The molecule has 1 unspecified atom stereocenters. The SMILES string of the molecule is COc1ccc(C(Br)c2cc(C)cc(F)c2)cc1Br. The predicted molar refractivity (Wildman–Crippen MR) is 82.6 cm³/mol. The van der Waals surface area contributed by atoms with Crippen molar-refractivity contribution in [1.29, 1.82) is 0 Å². The second-order valence-corrected chi connectivity index (χ2v) is 6.09. The van der Waals surface area contributed by atoms with Gasteiger partial charge >= 0.3 is 0 Å². The van der Waals surface area contributed by atoms with Crippen LogP contribution >= 0.6 is 31.9 Å². The van der Waals surface area contributed by atoms with Crippen molar-refractivity contribution in [2.24, 2.45) is 0 Å². The number of alkyl halides is 1. The summed E-state index contributed by atoms with van der Waals surface area (Å²) in [6.45, 7) is 1.89. The first-order valence-corrected chi connectivity index (χ1v) is 7.46. The standard InChI is InChI=1S/C15H13Br2FO/c1-9-5-11(7-12(18)6-9)15(17)10-3-4-14(19-2)13(16)8-10/h3-8,15H,1-2H3. The van der Waals surface area contributed by atoms with Crippen molar-refractivity contribution in [3.63, 3.8) is 0 Å². The van der Waals surface area contributed by atoms with Crippen molar-refractivity contribution in [3.05, 3.63) is 63.4 Å². The molecule has 0 N–H and O–H groups in total. The van der Waals surface area contributed by atoms with E-state index in [0.717, 1.165) is 26.9 Å². The zero-order chi connectivity index (χ0) is 14.0. The number of hydrogen-bond acceptors (Lipinski definition) is 1. The molecule has 2 rings (SSSR count). The average molecular weight is 388 g/mol. The molecule has 1 atom stereocenters. The van der Waals surface area contributed by atoms with Crippen molar-refractivity contribution in [1.82, 2.24) is 0 Å². The van der Waals surface area contributed by atoms with Crippen LogP contribution in [0.2, 0.25) is 0 Å². The number of halogens is 3. The summed E-state index contributed by atoms with van der Waals surface area (Å²) in [7, 11) is 1.63. The fourth-order valence-corrected chi connectivity index (χ4v) is 3.05. The quantitative estimate of drug-likeness (QED) is 0.641. The molecule has 0 aliphatic rings. The highest BCUT2D eigenvalue weighted by molar-refractivity contribution is 9.10. The van der Waals surface area contributed by atoms with Gasteiger partial charge in [0, 0.05) is 0 Å². The maximum Gasteiger partial charge on any atom is 0.133 e. The van der Waals surface area contributed by atoms with Gasteiger partial charge in [-0.15, -0.1) is 0 Å². The van der Waals surface area contributed by atoms with Crippen molar-refractivity contribution in [2.75, 3.05) is 7.11 Å². The highest BCUT2D eigenvalue weighted by Crippen LogP contribution is 2.35. The van der Waals surface area contributed by atoms with Gasteiger partial charge in [-0.25, -0.2) is 4.39 Å². The van der Waals surface area contributed by atoms with Crippen molar-refractivity contribution in [2.45, 2.75) is 11.8 Å². The van der Waals surface area contributed by atoms with Crippen LogP contribution in [0.4, 0.5) is 4.39 Å². The van der Waals surface area contributed by atoms with E-state index < -0.39 is 0 Å². The summed E-state index contributed by atoms with van der Waals surface area (Å²) in [5, 5.41) is 0. The molecule has 4 heteroatoms. The van der Waals surface area contributed by atoms with E-state index in [-0.39, 0.29) is 10.6 Å². The third-order valence-corrected chi connectivity index (χ3v) is 4.50. The Morgan fingerprint density at radius 1 is 1.11 bits per heavy atom. The third kappa shape index (κ3) is 3.37. The number of benzene rings is 2. The van der Waals surface area contributed by atoms with Crippen LogP contribution in [0.5, 0.6) is 5.75 Å². The van der Waals surface area contributed by atoms with Crippen LogP contribution in [0.3, 0.4) is 0 Å². The summed E-state index contributed by atoms with van der Waals surface area (Å²) in [5.74, 6) is 0.561. The molecule has 2 aromatic carbocycles. The van der Waals surface area contributed by atoms with Crippen LogP contribution in [-0.4, -0.2) is 7.11 Å². The number of aryl methyl sites for hydroxylation is 1. The first-order chi connectivity index (χ1) is 9.01. The second kappa shape index (κ2) is 6.06. The number of hydrogen-bond donors (Lipinski definition) is 0. The van der Waals surface area contributed by atoms with Crippen molar-refractivity contribution in [3.8, 4) is 5.75 Å². The fraction of sp³-hybridized carbons (Fsp3) is 0.200. The highest BCUT2D eigenvalue weighted by atomic mass is 79.9. The zero-order valence-corrected chi connectivity index (χ0v) is 13.8. The first-order valence-electron chi connectivity index (χ1n) is 5.76. The summed E-state index contributed by atoms with van der Waals surface area (Å²) >= 11 is 7.07. The van der Waals surface area contributed by atoms with E-state index in [4.69, 9.17) is 4.74 Å². The van der Waals surface area contributed by atoms with E-state index in [2.05, 4.69) is 31.9 Å². The van der Waals surface area contributed by atoms with Crippen LogP contribution in [-0.2, 0) is 0 Å². The van der Waals surface area contributed by atoms with Gasteiger partial charge in [-0.3, -0.25) is 0 Å². The summed E-state index contributed by atoms with van der Waals surface area (Å²) in [5.41, 5.74) is 2.85. The lowest BCUT2D eigenvalue weighted by Gasteiger charge is -2.13. The molecule has 100 valence electrons. The minimum Gasteiger partial charge on any atom is -0.496 e. The van der Waals surface area contributed by atoms with E-state index in [1.165, 1.54) is 6.07 Å². The van der Waals surface area contributed by atoms with E-state index in [1.807, 2.05) is 31.2 Å². The van der Waals surface area contributed by atoms with Gasteiger partial charge < -0.3 is 4.74 Å². The Labute approximate surface area is 129 Å². The summed E-state index contributed by atoms with van der Waals surface area (Å²) in [4.78, 5) is -0.0518. The van der Waals surface area contributed by atoms with Gasteiger partial charge in [0.05, 0.1) is 16.4 Å². The monoisotopic (exact) mass is 386 g/mol. The number of methoxy groups -OCH3 is 1. The van der Waals surface area contributed by atoms with E-state index >= 15 is 0 Å². The van der Waals surface area contributed by atoms with E-state index in [0.29, 0.717) is 0 Å². The molecule has 0 spiro atoms. The third-order valence-electron chi connectivity index (χ3n) is 2.83. The van der Waals surface area contributed by atoms with Crippen LogP contribution in [0.25, 0.3) is 0 Å². The zero-order valence-electron chi connectivity index (χ0n) is 10.6. The number of rotatable bonds is 3. The second-order valence-electron chi connectivity index (χ2n) is 4.32. The molecule has 0 heterocycles. The van der Waals surface area contributed by atoms with Crippen molar-refractivity contribution >= 4 is 31.9 Å².